The molecule has 1 atom stereocenters. The molecular weight excluding hydrogens is 227 g/mol. The van der Waals surface area contributed by atoms with Gasteiger partial charge in [0.15, 0.2) is 0 Å². The Balaban J connectivity index is 2.18. The number of hydrogen-bond donors (Lipinski definition) is 1. The van der Waals surface area contributed by atoms with Crippen LogP contribution in [0.15, 0.2) is 18.3 Å². The third kappa shape index (κ3) is 3.29. The molecule has 0 radical (unpaired) electrons. The molecule has 0 aromatic carbocycles. The molecule has 1 aromatic rings. The third-order valence-corrected chi connectivity index (χ3v) is 3.88. The van der Waals surface area contributed by atoms with Gasteiger partial charge >= 0.3 is 0 Å². The maximum absolute atomic E-state index is 13.9. The van der Waals surface area contributed by atoms with Crippen molar-refractivity contribution in [3.8, 4) is 0 Å². The van der Waals surface area contributed by atoms with Gasteiger partial charge in [0.25, 0.3) is 0 Å². The molecule has 1 unspecified atom stereocenters. The summed E-state index contributed by atoms with van der Waals surface area (Å²) in [4.78, 5) is 4.27. The molecule has 3 heteroatoms. The first-order chi connectivity index (χ1) is 8.83. The molecule has 0 bridgehead atoms. The molecule has 1 aliphatic carbocycles. The van der Waals surface area contributed by atoms with Crippen LogP contribution in [0.25, 0.3) is 0 Å². The van der Waals surface area contributed by atoms with Gasteiger partial charge in [-0.2, -0.15) is 0 Å². The van der Waals surface area contributed by atoms with Crippen molar-refractivity contribution < 1.29 is 4.39 Å². The fraction of sp³-hybridized carbons (Fsp3) is 0.667. The van der Waals surface area contributed by atoms with E-state index >= 15 is 0 Å². The number of pyridine rings is 1. The molecule has 0 amide bonds. The van der Waals surface area contributed by atoms with E-state index in [1.54, 1.807) is 12.3 Å². The second kappa shape index (κ2) is 6.83. The van der Waals surface area contributed by atoms with Crippen molar-refractivity contribution in [3.05, 3.63) is 29.8 Å². The SMILES string of the molecule is CCNC(c1ncccc1F)C1CCCCCC1. The van der Waals surface area contributed by atoms with Gasteiger partial charge in [-0.05, 0) is 37.4 Å². The lowest BCUT2D eigenvalue weighted by Gasteiger charge is -2.26. The Labute approximate surface area is 109 Å². The standard InChI is InChI=1S/C15H23FN2/c1-2-17-14(12-8-5-3-4-6-9-12)15-13(16)10-7-11-18-15/h7,10-12,14,17H,2-6,8-9H2,1H3. The normalized spacial score (nSPS) is 19.4. The van der Waals surface area contributed by atoms with Gasteiger partial charge < -0.3 is 5.32 Å². The van der Waals surface area contributed by atoms with Gasteiger partial charge in [0.2, 0.25) is 0 Å². The summed E-state index contributed by atoms with van der Waals surface area (Å²) in [6.07, 6.45) is 9.24. The molecule has 1 heterocycles. The number of rotatable bonds is 4. The predicted octanol–water partition coefficient (Wildman–Crippen LogP) is 3.84. The number of hydrogen-bond acceptors (Lipinski definition) is 2. The second-order valence-electron chi connectivity index (χ2n) is 5.16. The Kier molecular flexibility index (Phi) is 5.12. The van der Waals surface area contributed by atoms with Crippen LogP contribution in [0, 0.1) is 11.7 Å². The first kappa shape index (κ1) is 13.5. The molecule has 1 N–H and O–H groups in total. The minimum absolute atomic E-state index is 0.0781. The fourth-order valence-corrected chi connectivity index (χ4v) is 2.98. The summed E-state index contributed by atoms with van der Waals surface area (Å²) in [6.45, 7) is 2.93. The summed E-state index contributed by atoms with van der Waals surface area (Å²) >= 11 is 0. The summed E-state index contributed by atoms with van der Waals surface area (Å²) in [5, 5.41) is 3.43. The lowest BCUT2D eigenvalue weighted by atomic mass is 9.89. The average molecular weight is 250 g/mol. The van der Waals surface area contributed by atoms with Gasteiger partial charge in [0, 0.05) is 6.20 Å². The van der Waals surface area contributed by atoms with Crippen molar-refractivity contribution >= 4 is 0 Å². The first-order valence-corrected chi connectivity index (χ1v) is 7.16. The summed E-state index contributed by atoms with van der Waals surface area (Å²) in [5.74, 6) is 0.351. The van der Waals surface area contributed by atoms with E-state index in [1.165, 1.54) is 44.6 Å². The number of halogens is 1. The summed E-state index contributed by atoms with van der Waals surface area (Å²) in [6, 6.07) is 3.26. The van der Waals surface area contributed by atoms with Crippen LogP contribution in [-0.4, -0.2) is 11.5 Å². The number of aromatic nitrogens is 1. The maximum Gasteiger partial charge on any atom is 0.146 e. The van der Waals surface area contributed by atoms with E-state index in [4.69, 9.17) is 0 Å². The van der Waals surface area contributed by atoms with Gasteiger partial charge in [-0.25, -0.2) is 4.39 Å². The highest BCUT2D eigenvalue weighted by Gasteiger charge is 2.26. The van der Waals surface area contributed by atoms with Crippen LogP contribution in [0.5, 0.6) is 0 Å². The van der Waals surface area contributed by atoms with E-state index in [0.29, 0.717) is 11.6 Å². The summed E-state index contributed by atoms with van der Waals surface area (Å²) in [5.41, 5.74) is 0.603. The minimum Gasteiger partial charge on any atom is -0.309 e. The molecule has 0 spiro atoms. The highest BCUT2D eigenvalue weighted by atomic mass is 19.1. The molecular formula is C15H23FN2. The van der Waals surface area contributed by atoms with Crippen molar-refractivity contribution in [3.63, 3.8) is 0 Å². The smallest absolute Gasteiger partial charge is 0.146 e. The van der Waals surface area contributed by atoms with Gasteiger partial charge in [-0.3, -0.25) is 4.98 Å². The lowest BCUT2D eigenvalue weighted by Crippen LogP contribution is -2.29. The molecule has 1 fully saturated rings. The lowest BCUT2D eigenvalue weighted by molar-refractivity contribution is 0.315. The molecule has 2 nitrogen and oxygen atoms in total. The van der Waals surface area contributed by atoms with Gasteiger partial charge in [0.05, 0.1) is 11.7 Å². The van der Waals surface area contributed by atoms with Crippen LogP contribution in [0.2, 0.25) is 0 Å². The zero-order valence-corrected chi connectivity index (χ0v) is 11.2. The summed E-state index contributed by atoms with van der Waals surface area (Å²) in [7, 11) is 0. The molecule has 1 saturated carbocycles. The quantitative estimate of drug-likeness (QED) is 0.821. The maximum atomic E-state index is 13.9. The van der Waals surface area contributed by atoms with Crippen molar-refractivity contribution in [2.45, 2.75) is 51.5 Å². The van der Waals surface area contributed by atoms with Crippen molar-refractivity contribution in [1.82, 2.24) is 10.3 Å². The van der Waals surface area contributed by atoms with E-state index in [2.05, 4.69) is 17.2 Å². The highest BCUT2D eigenvalue weighted by Crippen LogP contribution is 2.33. The van der Waals surface area contributed by atoms with Gasteiger partial charge in [-0.1, -0.05) is 32.6 Å². The Morgan fingerprint density at radius 3 is 2.67 bits per heavy atom. The third-order valence-electron chi connectivity index (χ3n) is 3.88. The van der Waals surface area contributed by atoms with Crippen LogP contribution in [0.1, 0.15) is 57.2 Å². The van der Waals surface area contributed by atoms with Crippen molar-refractivity contribution in [1.29, 1.82) is 0 Å². The van der Waals surface area contributed by atoms with Crippen molar-refractivity contribution in [2.75, 3.05) is 6.54 Å². The molecule has 2 rings (SSSR count). The van der Waals surface area contributed by atoms with E-state index in [0.717, 1.165) is 6.54 Å². The minimum atomic E-state index is -0.173. The highest BCUT2D eigenvalue weighted by molar-refractivity contribution is 5.13. The topological polar surface area (TPSA) is 24.9 Å². The van der Waals surface area contributed by atoms with Gasteiger partial charge in [0.1, 0.15) is 5.82 Å². The Morgan fingerprint density at radius 1 is 1.33 bits per heavy atom. The zero-order chi connectivity index (χ0) is 12.8. The monoisotopic (exact) mass is 250 g/mol. The fourth-order valence-electron chi connectivity index (χ4n) is 2.98. The van der Waals surface area contributed by atoms with E-state index < -0.39 is 0 Å². The molecule has 0 aliphatic heterocycles. The van der Waals surface area contributed by atoms with Crippen molar-refractivity contribution in [2.24, 2.45) is 5.92 Å². The first-order valence-electron chi connectivity index (χ1n) is 7.16. The summed E-state index contributed by atoms with van der Waals surface area (Å²) < 4.78 is 13.9. The molecule has 1 aliphatic rings. The van der Waals surface area contributed by atoms with Gasteiger partial charge in [-0.15, -0.1) is 0 Å². The largest absolute Gasteiger partial charge is 0.309 e. The Morgan fingerprint density at radius 2 is 2.06 bits per heavy atom. The average Bonchev–Trinajstić information content (AvgIpc) is 2.66. The van der Waals surface area contributed by atoms with Crippen LogP contribution in [0.3, 0.4) is 0 Å². The molecule has 100 valence electrons. The van der Waals surface area contributed by atoms with E-state index in [9.17, 15) is 4.39 Å². The van der Waals surface area contributed by atoms with Crippen LogP contribution >= 0.6 is 0 Å². The van der Waals surface area contributed by atoms with Crippen LogP contribution in [-0.2, 0) is 0 Å². The molecule has 1 aromatic heterocycles. The number of nitrogens with zero attached hydrogens (tertiary/aromatic N) is 1. The Bertz CT molecular complexity index is 359. The van der Waals surface area contributed by atoms with Crippen LogP contribution < -0.4 is 5.32 Å². The van der Waals surface area contributed by atoms with E-state index in [-0.39, 0.29) is 11.9 Å². The molecule has 18 heavy (non-hydrogen) atoms. The zero-order valence-electron chi connectivity index (χ0n) is 11.2. The number of nitrogens with one attached hydrogen (secondary N) is 1. The van der Waals surface area contributed by atoms with Crippen LogP contribution in [0.4, 0.5) is 4.39 Å². The van der Waals surface area contributed by atoms with E-state index in [1.807, 2.05) is 0 Å². The predicted molar refractivity (Wildman–Crippen MR) is 71.8 cm³/mol. The Hall–Kier alpha value is -0.960. The molecule has 0 saturated heterocycles. The second-order valence-corrected chi connectivity index (χ2v) is 5.16.